The van der Waals surface area contributed by atoms with Gasteiger partial charge in [0.1, 0.15) is 8.55 Å². The van der Waals surface area contributed by atoms with Crippen LogP contribution in [0, 0.1) is 0 Å². The summed E-state index contributed by atoms with van der Waals surface area (Å²) >= 11 is 24.5. The largest absolute Gasteiger partial charge is 0.300 e. The van der Waals surface area contributed by atoms with Gasteiger partial charge < -0.3 is 0 Å². The van der Waals surface area contributed by atoms with Gasteiger partial charge in [-0.05, 0) is 41.5 Å². The normalized spacial score (nSPS) is 13.5. The number of sulfonamides is 1. The van der Waals surface area contributed by atoms with Gasteiger partial charge in [0.25, 0.3) is 27.6 Å². The Hall–Kier alpha value is -2.40. The van der Waals surface area contributed by atoms with Crippen LogP contribution in [0.4, 0.5) is 5.69 Å². The highest BCUT2D eigenvalue weighted by atomic mass is 35.5. The summed E-state index contributed by atoms with van der Waals surface area (Å²) in [7, 11) is -4.20. The van der Waals surface area contributed by atoms with E-state index in [2.05, 4.69) is 0 Å². The minimum atomic E-state index is -4.20. The molecule has 1 aliphatic rings. The van der Waals surface area contributed by atoms with Gasteiger partial charge >= 0.3 is 0 Å². The molecule has 2 amide bonds. The Morgan fingerprint density at radius 1 is 1.03 bits per heavy atom. The van der Waals surface area contributed by atoms with E-state index in [0.29, 0.717) is 32.5 Å². The standard InChI is InChI=1S/C22H12Cl4N2O5S2/c23-13-6-4-12(15(24)8-13)10-28-19-11(2-1-3-14(19)20(30)22(28)31)5-7-17(29)27-35(32,33)18-9-16(25)21(26)34-18/h1-9H,10H2,(H,27,29)/b7-5+. The summed E-state index contributed by atoms with van der Waals surface area (Å²) in [4.78, 5) is 38.9. The number of amides is 2. The van der Waals surface area contributed by atoms with Crippen molar-refractivity contribution in [2.24, 2.45) is 0 Å². The molecular weight excluding hydrogens is 578 g/mol. The Labute approximate surface area is 223 Å². The predicted octanol–water partition coefficient (Wildman–Crippen LogP) is 5.61. The average molecular weight is 590 g/mol. The van der Waals surface area contributed by atoms with Gasteiger partial charge in [0, 0.05) is 16.1 Å². The molecule has 7 nitrogen and oxygen atoms in total. The number of Topliss-reactive ketones (excluding diaryl/α,β-unsaturated/α-hetero) is 1. The van der Waals surface area contributed by atoms with Crippen LogP contribution in [0.2, 0.25) is 19.4 Å². The lowest BCUT2D eigenvalue weighted by Gasteiger charge is -2.19. The van der Waals surface area contributed by atoms with Gasteiger partial charge in [0.05, 0.1) is 22.8 Å². The van der Waals surface area contributed by atoms with Crippen molar-refractivity contribution in [1.29, 1.82) is 0 Å². The average Bonchev–Trinajstić information content (AvgIpc) is 3.26. The zero-order valence-corrected chi connectivity index (χ0v) is 21.9. The van der Waals surface area contributed by atoms with Gasteiger partial charge in [-0.15, -0.1) is 11.3 Å². The highest BCUT2D eigenvalue weighted by Gasteiger charge is 2.37. The third-order valence-corrected chi connectivity index (χ3v) is 9.17. The number of fused-ring (bicyclic) bond motifs is 1. The molecule has 3 aromatic rings. The molecule has 4 rings (SSSR count). The van der Waals surface area contributed by atoms with Crippen LogP contribution in [0.25, 0.3) is 6.08 Å². The van der Waals surface area contributed by atoms with E-state index < -0.39 is 27.6 Å². The Kier molecular flexibility index (Phi) is 7.28. The molecular formula is C22H12Cl4N2O5S2. The van der Waals surface area contributed by atoms with Crippen LogP contribution >= 0.6 is 57.7 Å². The predicted molar refractivity (Wildman–Crippen MR) is 137 cm³/mol. The summed E-state index contributed by atoms with van der Waals surface area (Å²) in [6, 6.07) is 10.5. The maximum Gasteiger partial charge on any atom is 0.299 e. The van der Waals surface area contributed by atoms with E-state index in [-0.39, 0.29) is 31.4 Å². The first-order chi connectivity index (χ1) is 16.5. The van der Waals surface area contributed by atoms with Gasteiger partial charge in [-0.1, -0.05) is 64.6 Å². The number of nitrogens with one attached hydrogen (secondary N) is 1. The number of ketones is 1. The first-order valence-corrected chi connectivity index (χ1v) is 13.4. The number of thiophene rings is 1. The van der Waals surface area contributed by atoms with Gasteiger partial charge in [-0.2, -0.15) is 0 Å². The molecule has 0 bridgehead atoms. The van der Waals surface area contributed by atoms with Crippen molar-refractivity contribution in [3.05, 3.63) is 84.6 Å². The van der Waals surface area contributed by atoms with Crippen LogP contribution in [-0.4, -0.2) is 26.0 Å². The smallest absolute Gasteiger partial charge is 0.299 e. The van der Waals surface area contributed by atoms with Crippen molar-refractivity contribution in [1.82, 2.24) is 4.72 Å². The first kappa shape index (κ1) is 25.7. The number of anilines is 1. The third kappa shape index (κ3) is 5.25. The quantitative estimate of drug-likeness (QED) is 0.297. The molecule has 1 aliphatic heterocycles. The lowest BCUT2D eigenvalue weighted by atomic mass is 10.1. The van der Waals surface area contributed by atoms with Gasteiger partial charge in [0.2, 0.25) is 0 Å². The Balaban J connectivity index is 1.62. The fourth-order valence-electron chi connectivity index (χ4n) is 3.33. The van der Waals surface area contributed by atoms with Gasteiger partial charge in [-0.25, -0.2) is 13.1 Å². The summed E-state index contributed by atoms with van der Waals surface area (Å²) in [5.74, 6) is -2.42. The Morgan fingerprint density at radius 2 is 1.77 bits per heavy atom. The minimum Gasteiger partial charge on any atom is -0.300 e. The second-order valence-electron chi connectivity index (χ2n) is 7.19. The fourth-order valence-corrected chi connectivity index (χ4v) is 6.63. The molecule has 0 radical (unpaired) electrons. The van der Waals surface area contributed by atoms with E-state index in [0.717, 1.165) is 12.1 Å². The molecule has 0 unspecified atom stereocenters. The van der Waals surface area contributed by atoms with Crippen LogP contribution in [0.3, 0.4) is 0 Å². The molecule has 0 spiro atoms. The number of carbonyl (C=O) groups is 3. The van der Waals surface area contributed by atoms with Crippen molar-refractivity contribution in [3.63, 3.8) is 0 Å². The van der Waals surface area contributed by atoms with E-state index in [1.807, 2.05) is 4.72 Å². The molecule has 180 valence electrons. The highest BCUT2D eigenvalue weighted by Crippen LogP contribution is 2.36. The number of hydrogen-bond acceptors (Lipinski definition) is 6. The van der Waals surface area contributed by atoms with Crippen molar-refractivity contribution in [3.8, 4) is 0 Å². The van der Waals surface area contributed by atoms with E-state index in [9.17, 15) is 22.8 Å². The molecule has 13 heteroatoms. The zero-order chi connectivity index (χ0) is 25.5. The topological polar surface area (TPSA) is 101 Å². The Bertz CT molecular complexity index is 1510. The highest BCUT2D eigenvalue weighted by molar-refractivity contribution is 7.92. The lowest BCUT2D eigenvalue weighted by Crippen LogP contribution is -2.29. The monoisotopic (exact) mass is 588 g/mol. The van der Waals surface area contributed by atoms with Crippen molar-refractivity contribution in [2.75, 3.05) is 4.90 Å². The molecule has 0 saturated carbocycles. The lowest BCUT2D eigenvalue weighted by molar-refractivity contribution is -0.115. The minimum absolute atomic E-state index is 0.0150. The second-order valence-corrected chi connectivity index (χ2v) is 12.0. The Morgan fingerprint density at radius 3 is 2.43 bits per heavy atom. The molecule has 2 aromatic carbocycles. The van der Waals surface area contributed by atoms with Crippen LogP contribution in [0.1, 0.15) is 21.5 Å². The van der Waals surface area contributed by atoms with Crippen LogP contribution in [0.15, 0.2) is 52.7 Å². The zero-order valence-electron chi connectivity index (χ0n) is 17.2. The van der Waals surface area contributed by atoms with Crippen molar-refractivity contribution in [2.45, 2.75) is 10.8 Å². The van der Waals surface area contributed by atoms with Crippen LogP contribution in [0.5, 0.6) is 0 Å². The van der Waals surface area contributed by atoms with Crippen LogP contribution < -0.4 is 9.62 Å². The van der Waals surface area contributed by atoms with Crippen molar-refractivity contribution < 1.29 is 22.8 Å². The number of para-hydroxylation sites is 1. The number of halogens is 4. The number of benzene rings is 2. The maximum absolute atomic E-state index is 12.7. The fraction of sp³-hybridized carbons (Fsp3) is 0.0455. The molecule has 1 N–H and O–H groups in total. The summed E-state index contributed by atoms with van der Waals surface area (Å²) < 4.78 is 26.6. The molecule has 1 aromatic heterocycles. The molecule has 0 aliphatic carbocycles. The number of carbonyl (C=O) groups excluding carboxylic acids is 3. The first-order valence-electron chi connectivity index (χ1n) is 9.61. The second kappa shape index (κ2) is 9.93. The summed E-state index contributed by atoms with van der Waals surface area (Å²) in [6.45, 7) is -0.0150. The van der Waals surface area contributed by atoms with E-state index in [1.165, 1.54) is 23.1 Å². The summed E-state index contributed by atoms with van der Waals surface area (Å²) in [5, 5.41) is 0.785. The number of nitrogens with zero attached hydrogens (tertiary/aromatic N) is 1. The van der Waals surface area contributed by atoms with Crippen molar-refractivity contribution >= 4 is 97.1 Å². The molecule has 35 heavy (non-hydrogen) atoms. The SMILES string of the molecule is O=C(/C=C/c1cccc2c1N(Cc1ccc(Cl)cc1Cl)C(=O)C2=O)NS(=O)(=O)c1cc(Cl)c(Cl)s1. The summed E-state index contributed by atoms with van der Waals surface area (Å²) in [5.41, 5.74) is 1.33. The van der Waals surface area contributed by atoms with E-state index in [1.54, 1.807) is 24.3 Å². The van der Waals surface area contributed by atoms with Crippen LogP contribution in [-0.2, 0) is 26.2 Å². The van der Waals surface area contributed by atoms with Gasteiger partial charge in [0.15, 0.2) is 0 Å². The summed E-state index contributed by atoms with van der Waals surface area (Å²) in [6.07, 6.45) is 2.28. The third-order valence-electron chi connectivity index (χ3n) is 4.90. The molecule has 0 fully saturated rings. The number of hydrogen-bond donors (Lipinski definition) is 1. The molecule has 0 saturated heterocycles. The van der Waals surface area contributed by atoms with E-state index >= 15 is 0 Å². The molecule has 0 atom stereocenters. The number of rotatable bonds is 6. The van der Waals surface area contributed by atoms with E-state index in [4.69, 9.17) is 46.4 Å². The van der Waals surface area contributed by atoms with Gasteiger partial charge in [-0.3, -0.25) is 19.3 Å². The maximum atomic E-state index is 12.7. The molecule has 2 heterocycles.